The molecule has 2 N–H and O–H groups in total. The third-order valence-electron chi connectivity index (χ3n) is 2.84. The van der Waals surface area contributed by atoms with Gasteiger partial charge in [-0.15, -0.1) is 11.3 Å². The largest absolute Gasteiger partial charge is 0.316 e. The van der Waals surface area contributed by atoms with Crippen LogP contribution in [0.3, 0.4) is 0 Å². The highest BCUT2D eigenvalue weighted by atomic mass is 32.2. The van der Waals surface area contributed by atoms with Crippen molar-refractivity contribution in [1.29, 1.82) is 0 Å². The van der Waals surface area contributed by atoms with Gasteiger partial charge in [-0.1, -0.05) is 19.1 Å². The van der Waals surface area contributed by atoms with Crippen molar-refractivity contribution in [2.24, 2.45) is 0 Å². The average Bonchev–Trinajstić information content (AvgIpc) is 2.91. The lowest BCUT2D eigenvalue weighted by atomic mass is 10.2. The van der Waals surface area contributed by atoms with E-state index in [2.05, 4.69) is 10.0 Å². The highest BCUT2D eigenvalue weighted by molar-refractivity contribution is 7.94. The van der Waals surface area contributed by atoms with Crippen molar-refractivity contribution in [2.45, 2.75) is 24.1 Å². The summed E-state index contributed by atoms with van der Waals surface area (Å²) in [5.74, 6) is 0. The molecule has 0 saturated carbocycles. The van der Waals surface area contributed by atoms with Crippen molar-refractivity contribution < 1.29 is 8.42 Å². The van der Waals surface area contributed by atoms with Crippen molar-refractivity contribution in [3.63, 3.8) is 0 Å². The SMILES string of the molecule is CCc1ccc(S(=O)(=O)Nc2ccc(CNC)cc2)s1. The molecule has 1 aromatic carbocycles. The molecule has 0 bridgehead atoms. The smallest absolute Gasteiger partial charge is 0.271 e. The Labute approximate surface area is 123 Å². The summed E-state index contributed by atoms with van der Waals surface area (Å²) in [5, 5.41) is 3.05. The van der Waals surface area contributed by atoms with Crippen LogP contribution in [0.25, 0.3) is 0 Å². The normalized spacial score (nSPS) is 11.5. The van der Waals surface area contributed by atoms with Gasteiger partial charge in [0.1, 0.15) is 4.21 Å². The third-order valence-corrected chi connectivity index (χ3v) is 5.94. The number of nitrogens with one attached hydrogen (secondary N) is 2. The van der Waals surface area contributed by atoms with Gasteiger partial charge in [0.05, 0.1) is 0 Å². The van der Waals surface area contributed by atoms with Crippen LogP contribution in [0, 0.1) is 0 Å². The molecule has 0 radical (unpaired) electrons. The Morgan fingerprint density at radius 1 is 1.10 bits per heavy atom. The van der Waals surface area contributed by atoms with Gasteiger partial charge in [0.2, 0.25) is 0 Å². The zero-order valence-electron chi connectivity index (χ0n) is 11.5. The molecule has 0 unspecified atom stereocenters. The van der Waals surface area contributed by atoms with Crippen LogP contribution in [0.15, 0.2) is 40.6 Å². The molecule has 4 nitrogen and oxygen atoms in total. The minimum Gasteiger partial charge on any atom is -0.316 e. The fourth-order valence-corrected chi connectivity index (χ4v) is 4.15. The van der Waals surface area contributed by atoms with Gasteiger partial charge in [0.25, 0.3) is 10.0 Å². The maximum atomic E-state index is 12.2. The summed E-state index contributed by atoms with van der Waals surface area (Å²) in [6.45, 7) is 2.77. The van der Waals surface area contributed by atoms with Gasteiger partial charge in [-0.05, 0) is 43.3 Å². The van der Waals surface area contributed by atoms with E-state index in [9.17, 15) is 8.42 Å². The lowest BCUT2D eigenvalue weighted by Crippen LogP contribution is -2.11. The topological polar surface area (TPSA) is 58.2 Å². The second-order valence-corrected chi connectivity index (χ2v) is 7.48. The van der Waals surface area contributed by atoms with E-state index in [1.807, 2.05) is 32.2 Å². The number of hydrogen-bond donors (Lipinski definition) is 2. The zero-order chi connectivity index (χ0) is 14.6. The number of thiophene rings is 1. The molecule has 1 heterocycles. The van der Waals surface area contributed by atoms with Crippen LogP contribution in [-0.4, -0.2) is 15.5 Å². The van der Waals surface area contributed by atoms with Crippen LogP contribution >= 0.6 is 11.3 Å². The molecule has 0 aliphatic heterocycles. The number of hydrogen-bond acceptors (Lipinski definition) is 4. The number of aryl methyl sites for hydroxylation is 1. The lowest BCUT2D eigenvalue weighted by molar-refractivity contribution is 0.603. The van der Waals surface area contributed by atoms with Crippen molar-refractivity contribution >= 4 is 27.0 Å². The lowest BCUT2D eigenvalue weighted by Gasteiger charge is -2.07. The van der Waals surface area contributed by atoms with E-state index in [0.29, 0.717) is 9.90 Å². The molecular formula is C14H18N2O2S2. The van der Waals surface area contributed by atoms with E-state index < -0.39 is 10.0 Å². The van der Waals surface area contributed by atoms with E-state index >= 15 is 0 Å². The van der Waals surface area contributed by atoms with Crippen LogP contribution in [0.1, 0.15) is 17.4 Å². The number of anilines is 1. The average molecular weight is 310 g/mol. The molecule has 0 atom stereocenters. The molecule has 0 amide bonds. The predicted molar refractivity (Wildman–Crippen MR) is 83.7 cm³/mol. The van der Waals surface area contributed by atoms with Gasteiger partial charge in [-0.2, -0.15) is 0 Å². The van der Waals surface area contributed by atoms with Crippen LogP contribution in [-0.2, 0) is 23.0 Å². The molecular weight excluding hydrogens is 292 g/mol. The molecule has 1 aromatic heterocycles. The Morgan fingerprint density at radius 3 is 2.35 bits per heavy atom. The Balaban J connectivity index is 2.15. The van der Waals surface area contributed by atoms with Gasteiger partial charge in [0, 0.05) is 17.1 Å². The second-order valence-electron chi connectivity index (χ2n) is 4.41. The fraction of sp³-hybridized carbons (Fsp3) is 0.286. The van der Waals surface area contributed by atoms with Gasteiger partial charge in [-0.25, -0.2) is 8.42 Å². The van der Waals surface area contributed by atoms with Gasteiger partial charge in [0.15, 0.2) is 0 Å². The maximum absolute atomic E-state index is 12.2. The minimum atomic E-state index is -3.47. The van der Waals surface area contributed by atoms with E-state index in [1.54, 1.807) is 18.2 Å². The third kappa shape index (κ3) is 3.59. The Kier molecular flexibility index (Phi) is 4.80. The summed E-state index contributed by atoms with van der Waals surface area (Å²) in [5.41, 5.74) is 1.69. The molecule has 0 saturated heterocycles. The summed E-state index contributed by atoms with van der Waals surface area (Å²) in [4.78, 5) is 1.06. The van der Waals surface area contributed by atoms with Crippen LogP contribution in [0.5, 0.6) is 0 Å². The van der Waals surface area contributed by atoms with Crippen LogP contribution in [0.4, 0.5) is 5.69 Å². The molecule has 2 aromatic rings. The van der Waals surface area contributed by atoms with Crippen molar-refractivity contribution in [3.8, 4) is 0 Å². The quantitative estimate of drug-likeness (QED) is 0.862. The number of rotatable bonds is 6. The summed E-state index contributed by atoms with van der Waals surface area (Å²) in [7, 11) is -1.60. The first-order chi connectivity index (χ1) is 9.55. The first-order valence-corrected chi connectivity index (χ1v) is 8.70. The molecule has 0 aliphatic rings. The van der Waals surface area contributed by atoms with E-state index in [-0.39, 0.29) is 0 Å². The highest BCUT2D eigenvalue weighted by Gasteiger charge is 2.16. The molecule has 20 heavy (non-hydrogen) atoms. The molecule has 108 valence electrons. The standard InChI is InChI=1S/C14H18N2O2S2/c1-3-13-8-9-14(19-13)20(17,18)16-12-6-4-11(5-7-12)10-15-2/h4-9,15-16H,3,10H2,1-2H3. The number of benzene rings is 1. The maximum Gasteiger partial charge on any atom is 0.271 e. The molecule has 2 rings (SSSR count). The molecule has 0 fully saturated rings. The monoisotopic (exact) mass is 310 g/mol. The summed E-state index contributed by atoms with van der Waals surface area (Å²) >= 11 is 1.31. The van der Waals surface area contributed by atoms with Crippen molar-refractivity contribution in [1.82, 2.24) is 5.32 Å². The van der Waals surface area contributed by atoms with Gasteiger partial charge in [-0.3, -0.25) is 4.72 Å². The van der Waals surface area contributed by atoms with Crippen LogP contribution in [0.2, 0.25) is 0 Å². The van der Waals surface area contributed by atoms with Crippen molar-refractivity contribution in [2.75, 3.05) is 11.8 Å². The van der Waals surface area contributed by atoms with Gasteiger partial charge < -0.3 is 5.32 Å². The summed E-state index contributed by atoms with van der Waals surface area (Å²) in [6.07, 6.45) is 0.846. The Bertz CT molecular complexity index is 661. The second kappa shape index (κ2) is 6.39. The van der Waals surface area contributed by atoms with Crippen molar-refractivity contribution in [3.05, 3.63) is 46.8 Å². The predicted octanol–water partition coefficient (Wildman–Crippen LogP) is 2.83. The first kappa shape index (κ1) is 15.0. The van der Waals surface area contributed by atoms with Crippen LogP contribution < -0.4 is 10.0 Å². The fourth-order valence-electron chi connectivity index (χ4n) is 1.79. The van der Waals surface area contributed by atoms with E-state index in [0.717, 1.165) is 23.4 Å². The Morgan fingerprint density at radius 2 is 1.80 bits per heavy atom. The first-order valence-electron chi connectivity index (χ1n) is 6.40. The van der Waals surface area contributed by atoms with E-state index in [4.69, 9.17) is 0 Å². The highest BCUT2D eigenvalue weighted by Crippen LogP contribution is 2.24. The minimum absolute atomic E-state index is 0.355. The number of sulfonamides is 1. The summed E-state index contributed by atoms with van der Waals surface area (Å²) in [6, 6.07) is 10.9. The zero-order valence-corrected chi connectivity index (χ0v) is 13.1. The summed E-state index contributed by atoms with van der Waals surface area (Å²) < 4.78 is 27.4. The molecule has 6 heteroatoms. The van der Waals surface area contributed by atoms with Gasteiger partial charge >= 0.3 is 0 Å². The van der Waals surface area contributed by atoms with E-state index in [1.165, 1.54) is 11.3 Å². The molecule has 0 aliphatic carbocycles. The Hall–Kier alpha value is -1.37. The molecule has 0 spiro atoms.